The summed E-state index contributed by atoms with van der Waals surface area (Å²) in [7, 11) is 0. The molecule has 0 heterocycles. The summed E-state index contributed by atoms with van der Waals surface area (Å²) in [6.07, 6.45) is 67.2. The molecule has 0 radical (unpaired) electrons. The maximum absolute atomic E-state index is 12.5. The summed E-state index contributed by atoms with van der Waals surface area (Å²) in [5.41, 5.74) is 0. The van der Waals surface area contributed by atoms with Gasteiger partial charge in [0.1, 0.15) is 0 Å². The Kier molecular flexibility index (Phi) is 53.1. The number of rotatable bonds is 53. The molecule has 2 atom stereocenters. The molecule has 0 aromatic carbocycles. The average Bonchev–Trinajstić information content (AvgIpc) is 3.31. The van der Waals surface area contributed by atoms with E-state index >= 15 is 0 Å². The van der Waals surface area contributed by atoms with Crippen LogP contribution in [0.4, 0.5) is 0 Å². The molecule has 6 heteroatoms. The van der Waals surface area contributed by atoms with Gasteiger partial charge in [-0.3, -0.25) is 9.59 Å². The lowest BCUT2D eigenvalue weighted by molar-refractivity contribution is -0.143. The number of allylic oxidation sites excluding steroid dienone is 5. The van der Waals surface area contributed by atoms with E-state index in [1.54, 1.807) is 6.08 Å². The fraction of sp³-hybridized carbons (Fsp3) is 0.864. The van der Waals surface area contributed by atoms with Crippen molar-refractivity contribution in [1.82, 2.24) is 5.32 Å². The Morgan fingerprint density at radius 3 is 1.20 bits per heavy atom. The average molecular weight is 915 g/mol. The number of esters is 1. The van der Waals surface area contributed by atoms with Crippen molar-refractivity contribution in [2.24, 2.45) is 0 Å². The maximum atomic E-state index is 12.5. The van der Waals surface area contributed by atoms with Gasteiger partial charge in [0.25, 0.3) is 0 Å². The number of hydrogen-bond acceptors (Lipinski definition) is 5. The van der Waals surface area contributed by atoms with Crippen molar-refractivity contribution < 1.29 is 24.5 Å². The minimum atomic E-state index is -0.856. The number of unbranched alkanes of at least 4 members (excludes halogenated alkanes) is 38. The Morgan fingerprint density at radius 2 is 0.769 bits per heavy atom. The molecule has 0 aromatic heterocycles. The van der Waals surface area contributed by atoms with Gasteiger partial charge in [0.15, 0.2) is 0 Å². The van der Waals surface area contributed by atoms with Gasteiger partial charge in [-0.2, -0.15) is 0 Å². The molecule has 0 aliphatic carbocycles. The van der Waals surface area contributed by atoms with Crippen LogP contribution in [0.5, 0.6) is 0 Å². The van der Waals surface area contributed by atoms with Crippen LogP contribution in [0.15, 0.2) is 36.5 Å². The van der Waals surface area contributed by atoms with E-state index in [0.717, 1.165) is 64.2 Å². The Labute approximate surface area is 404 Å². The van der Waals surface area contributed by atoms with Gasteiger partial charge in [-0.1, -0.05) is 262 Å². The molecule has 0 rings (SSSR count). The van der Waals surface area contributed by atoms with Crippen molar-refractivity contribution in [1.29, 1.82) is 0 Å². The van der Waals surface area contributed by atoms with Gasteiger partial charge in [0.2, 0.25) is 5.91 Å². The van der Waals surface area contributed by atoms with Gasteiger partial charge in [-0.05, 0) is 64.2 Å². The number of ether oxygens (including phenoxy) is 1. The Morgan fingerprint density at radius 1 is 0.431 bits per heavy atom. The van der Waals surface area contributed by atoms with E-state index in [-0.39, 0.29) is 18.5 Å². The number of aliphatic hydroxyl groups excluding tert-OH is 2. The zero-order valence-electron chi connectivity index (χ0n) is 43.5. The normalized spacial score (nSPS) is 12.9. The van der Waals surface area contributed by atoms with Crippen LogP contribution in [0.2, 0.25) is 0 Å². The predicted molar refractivity (Wildman–Crippen MR) is 283 cm³/mol. The molecule has 0 aliphatic heterocycles. The summed E-state index contributed by atoms with van der Waals surface area (Å²) in [6, 6.07) is -0.641. The van der Waals surface area contributed by atoms with Gasteiger partial charge >= 0.3 is 5.97 Å². The van der Waals surface area contributed by atoms with Gasteiger partial charge in [-0.25, -0.2) is 0 Å². The van der Waals surface area contributed by atoms with Crippen LogP contribution in [-0.2, 0) is 14.3 Å². The summed E-state index contributed by atoms with van der Waals surface area (Å²) in [6.45, 7) is 4.85. The quantitative estimate of drug-likeness (QED) is 0.0321. The first kappa shape index (κ1) is 63.1. The van der Waals surface area contributed by atoms with E-state index in [0.29, 0.717) is 19.4 Å². The van der Waals surface area contributed by atoms with E-state index in [1.165, 1.54) is 212 Å². The molecule has 0 bridgehead atoms. The summed E-state index contributed by atoms with van der Waals surface area (Å²) in [4.78, 5) is 24.5. The summed E-state index contributed by atoms with van der Waals surface area (Å²) in [5.74, 6) is -0.101. The van der Waals surface area contributed by atoms with Crippen LogP contribution in [0, 0.1) is 0 Å². The second-order valence-corrected chi connectivity index (χ2v) is 19.6. The van der Waals surface area contributed by atoms with E-state index in [1.807, 2.05) is 6.08 Å². The SMILES string of the molecule is CCCCC/C=C\C/C=C\CCCCCCCCCC(=O)OCCCCCCCCCCCCCCC(=O)NC(CO)C(O)/C=C/CCCCCCCCCCCCCCCCCCC. The van der Waals surface area contributed by atoms with E-state index in [4.69, 9.17) is 4.74 Å². The second-order valence-electron chi connectivity index (χ2n) is 19.6. The summed E-state index contributed by atoms with van der Waals surface area (Å²) < 4.78 is 5.47. The molecule has 65 heavy (non-hydrogen) atoms. The van der Waals surface area contributed by atoms with Crippen LogP contribution in [0.25, 0.3) is 0 Å². The number of amides is 1. The molecule has 0 aliphatic rings. The molecule has 3 N–H and O–H groups in total. The number of carbonyl (C=O) groups is 2. The summed E-state index contributed by atoms with van der Waals surface area (Å²) >= 11 is 0. The maximum Gasteiger partial charge on any atom is 0.305 e. The van der Waals surface area contributed by atoms with Crippen LogP contribution < -0.4 is 5.32 Å². The van der Waals surface area contributed by atoms with Crippen LogP contribution in [-0.4, -0.2) is 47.4 Å². The highest BCUT2D eigenvalue weighted by Crippen LogP contribution is 2.16. The molecular formula is C59H111NO5. The first-order valence-corrected chi connectivity index (χ1v) is 28.8. The van der Waals surface area contributed by atoms with Crippen molar-refractivity contribution in [3.63, 3.8) is 0 Å². The van der Waals surface area contributed by atoms with Crippen LogP contribution >= 0.6 is 0 Å². The number of carbonyl (C=O) groups excluding carboxylic acids is 2. The van der Waals surface area contributed by atoms with E-state index in [2.05, 4.69) is 43.5 Å². The Balaban J connectivity index is 3.49. The molecule has 0 spiro atoms. The molecule has 1 amide bonds. The van der Waals surface area contributed by atoms with E-state index < -0.39 is 12.1 Å². The van der Waals surface area contributed by atoms with Crippen LogP contribution in [0.1, 0.15) is 303 Å². The standard InChI is InChI=1S/C59H111NO5/c1-3-5-7-9-11-13-15-17-19-21-22-24-25-27-31-35-39-43-47-51-57(62)56(55-61)60-58(63)52-48-44-40-36-32-29-30-34-38-42-46-50-54-65-59(64)53-49-45-41-37-33-28-26-23-20-18-16-14-12-10-8-6-4-2/h12,14,18,20,47,51,56-57,61-62H,3-11,13,15-17,19,21-46,48-50,52-55H2,1-2H3,(H,60,63)/b14-12-,20-18-,51-47+. The van der Waals surface area contributed by atoms with E-state index in [9.17, 15) is 19.8 Å². The van der Waals surface area contributed by atoms with Gasteiger partial charge in [-0.15, -0.1) is 0 Å². The number of hydrogen-bond donors (Lipinski definition) is 3. The largest absolute Gasteiger partial charge is 0.466 e. The molecule has 0 saturated carbocycles. The molecule has 0 fully saturated rings. The Bertz CT molecular complexity index is 1060. The highest BCUT2D eigenvalue weighted by Gasteiger charge is 2.18. The molecule has 0 saturated heterocycles. The lowest BCUT2D eigenvalue weighted by Crippen LogP contribution is -2.45. The smallest absolute Gasteiger partial charge is 0.305 e. The highest BCUT2D eigenvalue weighted by atomic mass is 16.5. The third-order valence-corrected chi connectivity index (χ3v) is 13.2. The third-order valence-electron chi connectivity index (χ3n) is 13.2. The minimum Gasteiger partial charge on any atom is -0.466 e. The first-order chi connectivity index (χ1) is 32.0. The lowest BCUT2D eigenvalue weighted by atomic mass is 10.0. The molecule has 382 valence electrons. The molecule has 0 aromatic rings. The zero-order valence-corrected chi connectivity index (χ0v) is 43.5. The second kappa shape index (κ2) is 54.7. The fourth-order valence-corrected chi connectivity index (χ4v) is 8.72. The fourth-order valence-electron chi connectivity index (χ4n) is 8.72. The third kappa shape index (κ3) is 51.3. The van der Waals surface area contributed by atoms with Crippen molar-refractivity contribution in [3.8, 4) is 0 Å². The van der Waals surface area contributed by atoms with Crippen LogP contribution in [0.3, 0.4) is 0 Å². The lowest BCUT2D eigenvalue weighted by Gasteiger charge is -2.20. The number of nitrogens with one attached hydrogen (secondary N) is 1. The van der Waals surface area contributed by atoms with Gasteiger partial charge in [0, 0.05) is 12.8 Å². The van der Waals surface area contributed by atoms with Crippen molar-refractivity contribution in [2.45, 2.75) is 315 Å². The summed E-state index contributed by atoms with van der Waals surface area (Å²) in [5, 5.41) is 23.1. The monoisotopic (exact) mass is 914 g/mol. The van der Waals surface area contributed by atoms with Gasteiger partial charge < -0.3 is 20.3 Å². The van der Waals surface area contributed by atoms with Gasteiger partial charge in [0.05, 0.1) is 25.4 Å². The molecular weight excluding hydrogens is 803 g/mol. The molecule has 6 nitrogen and oxygen atoms in total. The first-order valence-electron chi connectivity index (χ1n) is 28.8. The predicted octanol–water partition coefficient (Wildman–Crippen LogP) is 17.6. The van der Waals surface area contributed by atoms with Crippen molar-refractivity contribution in [2.75, 3.05) is 13.2 Å². The highest BCUT2D eigenvalue weighted by molar-refractivity contribution is 5.76. The zero-order chi connectivity index (χ0) is 47.2. The minimum absolute atomic E-state index is 0.0184. The van der Waals surface area contributed by atoms with Crippen molar-refractivity contribution in [3.05, 3.63) is 36.5 Å². The molecule has 2 unspecified atom stereocenters. The topological polar surface area (TPSA) is 95.9 Å². The van der Waals surface area contributed by atoms with Crippen molar-refractivity contribution >= 4 is 11.9 Å². The Hall–Kier alpha value is -1.92. The number of aliphatic hydroxyl groups is 2.